The lowest BCUT2D eigenvalue weighted by Gasteiger charge is -2.33. The van der Waals surface area contributed by atoms with Gasteiger partial charge in [-0.05, 0) is 32.6 Å². The molecule has 0 aliphatic heterocycles. The summed E-state index contributed by atoms with van der Waals surface area (Å²) in [7, 11) is 2.40. The van der Waals surface area contributed by atoms with E-state index in [4.69, 9.17) is 0 Å². The Labute approximate surface area is 91.1 Å². The molecule has 85 valence electrons. The summed E-state index contributed by atoms with van der Waals surface area (Å²) in [6, 6.07) is 0. The van der Waals surface area contributed by atoms with Crippen molar-refractivity contribution in [3.63, 3.8) is 0 Å². The average Bonchev–Trinajstić information content (AvgIpc) is 2.19. The summed E-state index contributed by atoms with van der Waals surface area (Å²) < 4.78 is 1.26. The van der Waals surface area contributed by atoms with Crippen LogP contribution < -0.4 is 0 Å². The molecule has 0 aromatic carbocycles. The Kier molecular flexibility index (Phi) is 8.26. The van der Waals surface area contributed by atoms with E-state index in [1.807, 2.05) is 0 Å². The average molecular weight is 199 g/mol. The lowest BCUT2D eigenvalue weighted by atomic mass is 10.2. The summed E-state index contributed by atoms with van der Waals surface area (Å²) in [6.07, 6.45) is 7.86. The molecule has 0 aliphatic carbocycles. The van der Waals surface area contributed by atoms with Crippen molar-refractivity contribution in [2.75, 3.05) is 26.7 Å². The first-order valence-electron chi connectivity index (χ1n) is 6.31. The molecular weight excluding hydrogens is 170 g/mol. The van der Waals surface area contributed by atoms with Gasteiger partial charge in [0.15, 0.2) is 0 Å². The molecule has 0 rings (SSSR count). The maximum atomic E-state index is 3.90. The number of quaternary nitrogens is 1. The molecule has 0 aliphatic rings. The Hall–Kier alpha value is -0.0400. The van der Waals surface area contributed by atoms with Gasteiger partial charge in [-0.1, -0.05) is 26.7 Å². The van der Waals surface area contributed by atoms with Crippen LogP contribution in [0.1, 0.15) is 52.4 Å². The zero-order valence-electron chi connectivity index (χ0n) is 10.5. The van der Waals surface area contributed by atoms with Crippen molar-refractivity contribution < 1.29 is 4.48 Å². The van der Waals surface area contributed by atoms with Crippen molar-refractivity contribution in [1.82, 2.24) is 0 Å². The molecule has 0 heterocycles. The smallest absolute Gasteiger partial charge is 0.0784 e. The molecule has 1 atom stereocenters. The summed E-state index contributed by atoms with van der Waals surface area (Å²) >= 11 is 0. The Bertz CT molecular complexity index is 110. The number of hydrogen-bond donors (Lipinski definition) is 0. The molecule has 0 fully saturated rings. The number of hydrogen-bond acceptors (Lipinski definition) is 0. The summed E-state index contributed by atoms with van der Waals surface area (Å²) in [5, 5.41) is 0. The Morgan fingerprint density at radius 3 is 1.93 bits per heavy atom. The van der Waals surface area contributed by atoms with Crippen LogP contribution in [-0.4, -0.2) is 31.2 Å². The maximum absolute atomic E-state index is 3.90. The van der Waals surface area contributed by atoms with Crippen molar-refractivity contribution in [1.29, 1.82) is 0 Å². The Morgan fingerprint density at radius 2 is 1.50 bits per heavy atom. The summed E-state index contributed by atoms with van der Waals surface area (Å²) in [5.74, 6) is 0. The third kappa shape index (κ3) is 6.42. The molecule has 0 bridgehead atoms. The van der Waals surface area contributed by atoms with Crippen LogP contribution >= 0.6 is 0 Å². The Morgan fingerprint density at radius 1 is 0.929 bits per heavy atom. The number of nitrogens with zero attached hydrogens (tertiary/aromatic N) is 1. The van der Waals surface area contributed by atoms with Crippen LogP contribution in [0.25, 0.3) is 0 Å². The zero-order valence-corrected chi connectivity index (χ0v) is 10.5. The molecule has 1 nitrogen and oxygen atoms in total. The van der Waals surface area contributed by atoms with Gasteiger partial charge in [0.2, 0.25) is 0 Å². The molecule has 1 heteroatoms. The van der Waals surface area contributed by atoms with E-state index >= 15 is 0 Å². The van der Waals surface area contributed by atoms with E-state index < -0.39 is 0 Å². The minimum atomic E-state index is 1.10. The van der Waals surface area contributed by atoms with Gasteiger partial charge in [0.1, 0.15) is 0 Å². The fourth-order valence-electron chi connectivity index (χ4n) is 1.84. The van der Waals surface area contributed by atoms with Crippen molar-refractivity contribution in [3.05, 3.63) is 6.92 Å². The van der Waals surface area contributed by atoms with Crippen LogP contribution in [0, 0.1) is 6.92 Å². The van der Waals surface area contributed by atoms with Crippen LogP contribution in [0.2, 0.25) is 0 Å². The highest BCUT2D eigenvalue weighted by Crippen LogP contribution is 2.09. The standard InChI is InChI=1S/C13H29N/c1-5-8-10-12-14(4,7-3)13-11-9-6-2/h1,5-13H2,2-4H3/q+1. The second kappa shape index (κ2) is 8.28. The fourth-order valence-corrected chi connectivity index (χ4v) is 1.84. The summed E-state index contributed by atoms with van der Waals surface area (Å²) in [4.78, 5) is 0. The molecule has 1 unspecified atom stereocenters. The SMILES string of the molecule is [CH2]CCCC[N+](C)(CC)CCCCC. The molecule has 0 saturated heterocycles. The van der Waals surface area contributed by atoms with Gasteiger partial charge in [0, 0.05) is 0 Å². The van der Waals surface area contributed by atoms with Crippen LogP contribution in [0.4, 0.5) is 0 Å². The fraction of sp³-hybridized carbons (Fsp3) is 0.923. The van der Waals surface area contributed by atoms with Gasteiger partial charge in [-0.2, -0.15) is 0 Å². The maximum Gasteiger partial charge on any atom is 0.0784 e. The lowest BCUT2D eigenvalue weighted by molar-refractivity contribution is -0.908. The molecule has 0 amide bonds. The van der Waals surface area contributed by atoms with Crippen molar-refractivity contribution in [3.8, 4) is 0 Å². The van der Waals surface area contributed by atoms with E-state index in [-0.39, 0.29) is 0 Å². The highest BCUT2D eigenvalue weighted by Gasteiger charge is 2.17. The van der Waals surface area contributed by atoms with E-state index in [0.717, 1.165) is 6.42 Å². The predicted octanol–water partition coefficient (Wildman–Crippen LogP) is 3.65. The second-order valence-electron chi connectivity index (χ2n) is 4.65. The Balaban J connectivity index is 3.67. The zero-order chi connectivity index (χ0) is 10.9. The van der Waals surface area contributed by atoms with Crippen LogP contribution in [-0.2, 0) is 0 Å². The van der Waals surface area contributed by atoms with Crippen molar-refractivity contribution in [2.24, 2.45) is 0 Å². The van der Waals surface area contributed by atoms with Gasteiger partial charge in [-0.25, -0.2) is 0 Å². The quantitative estimate of drug-likeness (QED) is 0.393. The van der Waals surface area contributed by atoms with Crippen LogP contribution in [0.15, 0.2) is 0 Å². The molecule has 0 saturated carbocycles. The normalized spacial score (nSPS) is 12.0. The third-order valence-corrected chi connectivity index (χ3v) is 3.26. The number of rotatable bonds is 9. The van der Waals surface area contributed by atoms with Crippen molar-refractivity contribution >= 4 is 0 Å². The minimum absolute atomic E-state index is 1.10. The van der Waals surface area contributed by atoms with Gasteiger partial charge in [-0.15, -0.1) is 0 Å². The molecule has 14 heavy (non-hydrogen) atoms. The summed E-state index contributed by atoms with van der Waals surface area (Å²) in [6.45, 7) is 12.5. The van der Waals surface area contributed by atoms with Crippen molar-refractivity contribution in [2.45, 2.75) is 52.4 Å². The topological polar surface area (TPSA) is 0 Å². The number of unbranched alkanes of at least 4 members (excludes halogenated alkanes) is 4. The highest BCUT2D eigenvalue weighted by molar-refractivity contribution is 4.45. The first kappa shape index (κ1) is 14.0. The molecule has 0 spiro atoms. The monoisotopic (exact) mass is 199 g/mol. The van der Waals surface area contributed by atoms with Gasteiger partial charge in [0.05, 0.1) is 26.7 Å². The van der Waals surface area contributed by atoms with E-state index in [9.17, 15) is 0 Å². The van der Waals surface area contributed by atoms with E-state index in [2.05, 4.69) is 27.8 Å². The van der Waals surface area contributed by atoms with Gasteiger partial charge in [0.25, 0.3) is 0 Å². The molecule has 0 N–H and O–H groups in total. The van der Waals surface area contributed by atoms with E-state index in [1.165, 1.54) is 56.2 Å². The summed E-state index contributed by atoms with van der Waals surface area (Å²) in [5.41, 5.74) is 0. The highest BCUT2D eigenvalue weighted by atomic mass is 15.3. The molecule has 0 aromatic rings. The largest absolute Gasteiger partial charge is 0.326 e. The first-order chi connectivity index (χ1) is 6.68. The predicted molar refractivity (Wildman–Crippen MR) is 65.2 cm³/mol. The van der Waals surface area contributed by atoms with E-state index in [1.54, 1.807) is 0 Å². The van der Waals surface area contributed by atoms with Crippen LogP contribution in [0.3, 0.4) is 0 Å². The van der Waals surface area contributed by atoms with Gasteiger partial charge < -0.3 is 4.48 Å². The van der Waals surface area contributed by atoms with E-state index in [0.29, 0.717) is 0 Å². The third-order valence-electron chi connectivity index (χ3n) is 3.26. The van der Waals surface area contributed by atoms with Gasteiger partial charge >= 0.3 is 0 Å². The molecular formula is C13H29N+. The molecule has 0 aromatic heterocycles. The molecule has 1 radical (unpaired) electrons. The first-order valence-corrected chi connectivity index (χ1v) is 6.31. The second-order valence-corrected chi connectivity index (χ2v) is 4.65. The van der Waals surface area contributed by atoms with Crippen LogP contribution in [0.5, 0.6) is 0 Å². The van der Waals surface area contributed by atoms with Gasteiger partial charge in [-0.3, -0.25) is 0 Å². The minimum Gasteiger partial charge on any atom is -0.326 e. The lowest BCUT2D eigenvalue weighted by Crippen LogP contribution is -2.45.